The molecule has 1 heteroatoms. The van der Waals surface area contributed by atoms with Crippen LogP contribution in [-0.4, -0.2) is 4.43 Å². The van der Waals surface area contributed by atoms with Crippen LogP contribution in [0.1, 0.15) is 11.1 Å². The lowest BCUT2D eigenvalue weighted by Gasteiger charge is -1.91. The molecule has 0 aliphatic rings. The Kier molecular flexibility index (Phi) is 3.44. The Labute approximate surface area is 81.2 Å². The molecule has 0 aliphatic carbocycles. The number of hydrogen-bond acceptors (Lipinski definition) is 0. The molecule has 0 amide bonds. The minimum absolute atomic E-state index is 0.895. The molecule has 0 aromatic heterocycles. The molecule has 0 N–H and O–H groups in total. The number of rotatable bonds is 0. The van der Waals surface area contributed by atoms with Crippen LogP contribution in [0.5, 0.6) is 0 Å². The van der Waals surface area contributed by atoms with Gasteiger partial charge in [-0.05, 0) is 24.6 Å². The smallest absolute Gasteiger partial charge is 0.0613 e. The average Bonchev–Trinajstić information content (AvgIpc) is 2.01. The van der Waals surface area contributed by atoms with Gasteiger partial charge in [-0.3, -0.25) is 0 Å². The Balaban J connectivity index is 2.87. The maximum Gasteiger partial charge on any atom is 0.0613 e. The highest BCUT2D eigenvalue weighted by Gasteiger charge is 1.85. The topological polar surface area (TPSA) is 0 Å². The fourth-order valence-corrected chi connectivity index (χ4v) is 1.05. The highest BCUT2D eigenvalue weighted by Crippen LogP contribution is 2.01. The fraction of sp³-hybridized carbons (Fsp3) is 0.200. The van der Waals surface area contributed by atoms with E-state index in [1.165, 1.54) is 5.56 Å². The van der Waals surface area contributed by atoms with Gasteiger partial charge in [-0.25, -0.2) is 0 Å². The van der Waals surface area contributed by atoms with Crippen molar-refractivity contribution in [2.45, 2.75) is 6.92 Å². The summed E-state index contributed by atoms with van der Waals surface area (Å²) >= 11 is 2.25. The lowest BCUT2D eigenvalue weighted by molar-refractivity contribution is 1.45. The summed E-state index contributed by atoms with van der Waals surface area (Å²) in [6, 6.07) is 8.24. The van der Waals surface area contributed by atoms with E-state index in [9.17, 15) is 0 Å². The first kappa shape index (κ1) is 8.61. The van der Waals surface area contributed by atoms with Gasteiger partial charge in [0, 0.05) is 5.56 Å². The maximum absolute atomic E-state index is 3.08. The van der Waals surface area contributed by atoms with Crippen LogP contribution in [0.15, 0.2) is 24.3 Å². The van der Waals surface area contributed by atoms with E-state index in [0.29, 0.717) is 0 Å². The highest BCUT2D eigenvalue weighted by molar-refractivity contribution is 14.1. The zero-order chi connectivity index (χ0) is 8.10. The van der Waals surface area contributed by atoms with Crippen LogP contribution >= 0.6 is 22.6 Å². The quantitative estimate of drug-likeness (QED) is 0.380. The van der Waals surface area contributed by atoms with Crippen molar-refractivity contribution in [2.75, 3.05) is 4.43 Å². The van der Waals surface area contributed by atoms with Crippen LogP contribution in [-0.2, 0) is 0 Å². The van der Waals surface area contributed by atoms with Gasteiger partial charge >= 0.3 is 0 Å². The summed E-state index contributed by atoms with van der Waals surface area (Å²) in [6.45, 7) is 2.08. The van der Waals surface area contributed by atoms with Crippen molar-refractivity contribution in [3.63, 3.8) is 0 Å². The summed E-state index contributed by atoms with van der Waals surface area (Å²) < 4.78 is 0.895. The van der Waals surface area contributed by atoms with Gasteiger partial charge in [-0.2, -0.15) is 0 Å². The molecule has 0 spiro atoms. The molecular formula is C10H9I. The predicted octanol–water partition coefficient (Wildman–Crippen LogP) is 2.78. The third-order valence-electron chi connectivity index (χ3n) is 1.32. The van der Waals surface area contributed by atoms with Crippen LogP contribution in [0.3, 0.4) is 0 Å². The summed E-state index contributed by atoms with van der Waals surface area (Å²) in [5.74, 6) is 6.11. The van der Waals surface area contributed by atoms with Crippen molar-refractivity contribution >= 4 is 22.6 Å². The van der Waals surface area contributed by atoms with Crippen LogP contribution in [0.4, 0.5) is 0 Å². The molecule has 1 aromatic carbocycles. The summed E-state index contributed by atoms with van der Waals surface area (Å²) in [5.41, 5.74) is 2.38. The summed E-state index contributed by atoms with van der Waals surface area (Å²) in [6.07, 6.45) is 0. The largest absolute Gasteiger partial charge is 0.0872 e. The van der Waals surface area contributed by atoms with E-state index in [1.807, 2.05) is 12.1 Å². The number of halogens is 1. The molecule has 0 atom stereocenters. The molecule has 0 heterocycles. The molecule has 56 valence electrons. The number of benzene rings is 1. The van der Waals surface area contributed by atoms with Gasteiger partial charge in [-0.1, -0.05) is 46.6 Å². The first-order valence-corrected chi connectivity index (χ1v) is 4.97. The van der Waals surface area contributed by atoms with Gasteiger partial charge in [0.15, 0.2) is 0 Å². The molecule has 0 fully saturated rings. The molecule has 0 aliphatic heterocycles. The Morgan fingerprint density at radius 3 is 2.91 bits per heavy atom. The predicted molar refractivity (Wildman–Crippen MR) is 56.9 cm³/mol. The molecule has 0 nitrogen and oxygen atoms in total. The minimum Gasteiger partial charge on any atom is -0.0872 e. The molecular weight excluding hydrogens is 247 g/mol. The van der Waals surface area contributed by atoms with Crippen molar-refractivity contribution in [1.82, 2.24) is 0 Å². The SMILES string of the molecule is Cc1cccc(C#CCI)c1. The van der Waals surface area contributed by atoms with Gasteiger partial charge in [-0.15, -0.1) is 0 Å². The van der Waals surface area contributed by atoms with E-state index >= 15 is 0 Å². The van der Waals surface area contributed by atoms with Crippen LogP contribution in [0.25, 0.3) is 0 Å². The molecule has 0 unspecified atom stereocenters. The van der Waals surface area contributed by atoms with Crippen molar-refractivity contribution in [1.29, 1.82) is 0 Å². The normalized spacial score (nSPS) is 8.55. The molecule has 0 bridgehead atoms. The number of alkyl halides is 1. The molecule has 1 aromatic rings. The number of aryl methyl sites for hydroxylation is 1. The zero-order valence-electron chi connectivity index (χ0n) is 6.39. The summed E-state index contributed by atoms with van der Waals surface area (Å²) in [5, 5.41) is 0. The van der Waals surface area contributed by atoms with Gasteiger partial charge < -0.3 is 0 Å². The molecule has 0 radical (unpaired) electrons. The Morgan fingerprint density at radius 2 is 2.27 bits per heavy atom. The monoisotopic (exact) mass is 256 g/mol. The third-order valence-corrected chi connectivity index (χ3v) is 1.70. The van der Waals surface area contributed by atoms with E-state index in [1.54, 1.807) is 0 Å². The van der Waals surface area contributed by atoms with E-state index in [-0.39, 0.29) is 0 Å². The Morgan fingerprint density at radius 1 is 1.45 bits per heavy atom. The lowest BCUT2D eigenvalue weighted by Crippen LogP contribution is -1.75. The molecule has 0 saturated carbocycles. The van der Waals surface area contributed by atoms with E-state index in [2.05, 4.69) is 53.5 Å². The van der Waals surface area contributed by atoms with Crippen molar-refractivity contribution in [2.24, 2.45) is 0 Å². The Bertz CT molecular complexity index is 291. The number of hydrogen-bond donors (Lipinski definition) is 0. The standard InChI is InChI=1S/C10H9I/c1-9-4-2-5-10(8-9)6-3-7-11/h2,4-5,8H,7H2,1H3. The zero-order valence-corrected chi connectivity index (χ0v) is 8.55. The maximum atomic E-state index is 3.08. The minimum atomic E-state index is 0.895. The summed E-state index contributed by atoms with van der Waals surface area (Å²) in [7, 11) is 0. The van der Waals surface area contributed by atoms with Gasteiger partial charge in [0.2, 0.25) is 0 Å². The van der Waals surface area contributed by atoms with Gasteiger partial charge in [0.05, 0.1) is 4.43 Å². The third kappa shape index (κ3) is 2.94. The Hall–Kier alpha value is -0.490. The van der Waals surface area contributed by atoms with E-state index < -0.39 is 0 Å². The second-order valence-corrected chi connectivity index (χ2v) is 3.07. The van der Waals surface area contributed by atoms with Crippen LogP contribution in [0, 0.1) is 18.8 Å². The van der Waals surface area contributed by atoms with E-state index in [4.69, 9.17) is 0 Å². The molecule has 11 heavy (non-hydrogen) atoms. The second-order valence-electron chi connectivity index (χ2n) is 2.30. The van der Waals surface area contributed by atoms with Crippen molar-refractivity contribution < 1.29 is 0 Å². The van der Waals surface area contributed by atoms with Crippen molar-refractivity contribution in [3.05, 3.63) is 35.4 Å². The van der Waals surface area contributed by atoms with Crippen LogP contribution in [0.2, 0.25) is 0 Å². The van der Waals surface area contributed by atoms with E-state index in [0.717, 1.165) is 9.99 Å². The average molecular weight is 256 g/mol. The van der Waals surface area contributed by atoms with Crippen molar-refractivity contribution in [3.8, 4) is 11.8 Å². The van der Waals surface area contributed by atoms with Gasteiger partial charge in [0.1, 0.15) is 0 Å². The fourth-order valence-electron chi connectivity index (χ4n) is 0.858. The summed E-state index contributed by atoms with van der Waals surface area (Å²) in [4.78, 5) is 0. The molecule has 1 rings (SSSR count). The van der Waals surface area contributed by atoms with Gasteiger partial charge in [0.25, 0.3) is 0 Å². The van der Waals surface area contributed by atoms with Crippen LogP contribution < -0.4 is 0 Å². The lowest BCUT2D eigenvalue weighted by atomic mass is 10.1. The second kappa shape index (κ2) is 4.40. The highest BCUT2D eigenvalue weighted by atomic mass is 127. The first-order chi connectivity index (χ1) is 5.33. The first-order valence-electron chi connectivity index (χ1n) is 3.44. The molecule has 0 saturated heterocycles.